The van der Waals surface area contributed by atoms with E-state index in [9.17, 15) is 0 Å². The molecule has 0 aromatic carbocycles. The van der Waals surface area contributed by atoms with E-state index in [2.05, 4.69) is 32.5 Å². The Morgan fingerprint density at radius 3 is 2.50 bits per heavy atom. The smallest absolute Gasteiger partial charge is 0.134 e. The van der Waals surface area contributed by atoms with Crippen LogP contribution in [-0.2, 0) is 6.54 Å². The summed E-state index contributed by atoms with van der Waals surface area (Å²) in [5, 5.41) is 6.62. The van der Waals surface area contributed by atoms with Crippen LogP contribution in [0.4, 0.5) is 11.6 Å². The molecule has 0 saturated carbocycles. The van der Waals surface area contributed by atoms with Gasteiger partial charge in [0.25, 0.3) is 0 Å². The summed E-state index contributed by atoms with van der Waals surface area (Å²) in [4.78, 5) is 13.0. The largest absolute Gasteiger partial charge is 0.370 e. The van der Waals surface area contributed by atoms with Crippen LogP contribution < -0.4 is 10.6 Å². The fourth-order valence-corrected chi connectivity index (χ4v) is 1.92. The fourth-order valence-electron chi connectivity index (χ4n) is 1.92. The lowest BCUT2D eigenvalue weighted by molar-refractivity contribution is 0.952. The van der Waals surface area contributed by atoms with Crippen LogP contribution in [-0.4, -0.2) is 21.5 Å². The lowest BCUT2D eigenvalue weighted by atomic mass is 10.2. The molecule has 0 fully saturated rings. The van der Waals surface area contributed by atoms with Crippen LogP contribution in [0.15, 0.2) is 24.5 Å². The summed E-state index contributed by atoms with van der Waals surface area (Å²) < 4.78 is 0. The molecular formula is C15H21N5. The number of aromatic nitrogens is 3. The van der Waals surface area contributed by atoms with Gasteiger partial charge in [-0.15, -0.1) is 0 Å². The third-order valence-corrected chi connectivity index (χ3v) is 3.01. The molecule has 0 aliphatic heterocycles. The van der Waals surface area contributed by atoms with Crippen LogP contribution in [0.3, 0.4) is 0 Å². The maximum absolute atomic E-state index is 4.47. The van der Waals surface area contributed by atoms with Crippen molar-refractivity contribution in [1.29, 1.82) is 0 Å². The third kappa shape index (κ3) is 3.66. The van der Waals surface area contributed by atoms with Crippen molar-refractivity contribution >= 4 is 11.6 Å². The number of aryl methyl sites for hydroxylation is 1. The number of nitrogens with one attached hydrogen (secondary N) is 2. The second kappa shape index (κ2) is 6.84. The zero-order valence-corrected chi connectivity index (χ0v) is 12.3. The summed E-state index contributed by atoms with van der Waals surface area (Å²) in [7, 11) is 0. The molecule has 0 bridgehead atoms. The van der Waals surface area contributed by atoms with E-state index in [1.54, 1.807) is 6.33 Å². The van der Waals surface area contributed by atoms with E-state index < -0.39 is 0 Å². The summed E-state index contributed by atoms with van der Waals surface area (Å²) >= 11 is 0. The van der Waals surface area contributed by atoms with Gasteiger partial charge in [0.05, 0.1) is 12.2 Å². The van der Waals surface area contributed by atoms with E-state index in [-0.39, 0.29) is 0 Å². The third-order valence-electron chi connectivity index (χ3n) is 3.01. The van der Waals surface area contributed by atoms with Gasteiger partial charge in [0.2, 0.25) is 0 Å². The van der Waals surface area contributed by atoms with Gasteiger partial charge in [0.15, 0.2) is 0 Å². The SMILES string of the molecule is CCCNc1ncnc(NCc2cccc(C)n2)c1C. The molecular weight excluding hydrogens is 250 g/mol. The van der Waals surface area contributed by atoms with Gasteiger partial charge in [0, 0.05) is 17.8 Å². The van der Waals surface area contributed by atoms with Crippen molar-refractivity contribution in [2.24, 2.45) is 0 Å². The van der Waals surface area contributed by atoms with Gasteiger partial charge in [-0.2, -0.15) is 0 Å². The first kappa shape index (κ1) is 14.2. The molecule has 0 aliphatic rings. The molecule has 106 valence electrons. The first-order chi connectivity index (χ1) is 9.70. The van der Waals surface area contributed by atoms with Crippen molar-refractivity contribution in [1.82, 2.24) is 15.0 Å². The highest BCUT2D eigenvalue weighted by molar-refractivity contribution is 5.56. The van der Waals surface area contributed by atoms with Gasteiger partial charge in [-0.05, 0) is 32.4 Å². The second-order valence-corrected chi connectivity index (χ2v) is 4.75. The van der Waals surface area contributed by atoms with E-state index in [0.717, 1.165) is 41.6 Å². The van der Waals surface area contributed by atoms with Crippen molar-refractivity contribution < 1.29 is 0 Å². The molecule has 5 heteroatoms. The van der Waals surface area contributed by atoms with Gasteiger partial charge >= 0.3 is 0 Å². The monoisotopic (exact) mass is 271 g/mol. The number of hydrogen-bond donors (Lipinski definition) is 2. The molecule has 2 aromatic rings. The lowest BCUT2D eigenvalue weighted by Gasteiger charge is -2.12. The van der Waals surface area contributed by atoms with Gasteiger partial charge in [-0.1, -0.05) is 13.0 Å². The molecule has 0 unspecified atom stereocenters. The van der Waals surface area contributed by atoms with Crippen molar-refractivity contribution in [3.63, 3.8) is 0 Å². The van der Waals surface area contributed by atoms with Crippen LogP contribution in [0.2, 0.25) is 0 Å². The summed E-state index contributed by atoms with van der Waals surface area (Å²) in [5.41, 5.74) is 3.06. The molecule has 2 heterocycles. The zero-order chi connectivity index (χ0) is 14.4. The maximum Gasteiger partial charge on any atom is 0.134 e. The Morgan fingerprint density at radius 2 is 1.80 bits per heavy atom. The highest BCUT2D eigenvalue weighted by Gasteiger charge is 2.06. The number of pyridine rings is 1. The first-order valence-corrected chi connectivity index (χ1v) is 6.92. The fraction of sp³-hybridized carbons (Fsp3) is 0.400. The van der Waals surface area contributed by atoms with Crippen molar-refractivity contribution in [2.45, 2.75) is 33.7 Å². The highest BCUT2D eigenvalue weighted by Crippen LogP contribution is 2.18. The Hall–Kier alpha value is -2.17. The normalized spacial score (nSPS) is 10.3. The predicted molar refractivity (Wildman–Crippen MR) is 81.9 cm³/mol. The molecule has 2 N–H and O–H groups in total. The molecule has 0 atom stereocenters. The molecule has 20 heavy (non-hydrogen) atoms. The molecule has 0 amide bonds. The van der Waals surface area contributed by atoms with E-state index >= 15 is 0 Å². The first-order valence-electron chi connectivity index (χ1n) is 6.92. The number of nitrogens with zero attached hydrogens (tertiary/aromatic N) is 3. The zero-order valence-electron chi connectivity index (χ0n) is 12.3. The van der Waals surface area contributed by atoms with Gasteiger partial charge in [-0.25, -0.2) is 9.97 Å². The summed E-state index contributed by atoms with van der Waals surface area (Å²) in [6.45, 7) is 7.71. The quantitative estimate of drug-likeness (QED) is 0.845. The standard InChI is InChI=1S/C15H21N5/c1-4-8-16-14-12(3)15(19-10-18-14)17-9-13-7-5-6-11(2)20-13/h5-7,10H,4,8-9H2,1-3H3,(H2,16,17,18,19). The Kier molecular flexibility index (Phi) is 4.87. The van der Waals surface area contributed by atoms with Crippen LogP contribution in [0.25, 0.3) is 0 Å². The van der Waals surface area contributed by atoms with E-state index in [1.807, 2.05) is 32.0 Å². The minimum absolute atomic E-state index is 0.659. The minimum Gasteiger partial charge on any atom is -0.370 e. The van der Waals surface area contributed by atoms with Crippen molar-refractivity contribution in [3.05, 3.63) is 41.5 Å². The van der Waals surface area contributed by atoms with Crippen LogP contribution in [0.1, 0.15) is 30.3 Å². The van der Waals surface area contributed by atoms with E-state index in [1.165, 1.54) is 0 Å². The molecule has 0 aliphatic carbocycles. The highest BCUT2D eigenvalue weighted by atomic mass is 15.1. The molecule has 5 nitrogen and oxygen atoms in total. The molecule has 0 radical (unpaired) electrons. The van der Waals surface area contributed by atoms with Crippen molar-refractivity contribution in [2.75, 3.05) is 17.2 Å². The Morgan fingerprint density at radius 1 is 1.05 bits per heavy atom. The summed E-state index contributed by atoms with van der Waals surface area (Å²) in [6.07, 6.45) is 2.65. The molecule has 2 aromatic heterocycles. The second-order valence-electron chi connectivity index (χ2n) is 4.75. The summed E-state index contributed by atoms with van der Waals surface area (Å²) in [6, 6.07) is 6.01. The Labute approximate surface area is 119 Å². The van der Waals surface area contributed by atoms with E-state index in [0.29, 0.717) is 6.54 Å². The van der Waals surface area contributed by atoms with Crippen LogP contribution >= 0.6 is 0 Å². The molecule has 2 rings (SSSR count). The van der Waals surface area contributed by atoms with Gasteiger partial charge < -0.3 is 10.6 Å². The Bertz CT molecular complexity index is 568. The average Bonchev–Trinajstić information content (AvgIpc) is 2.45. The maximum atomic E-state index is 4.47. The number of anilines is 2. The minimum atomic E-state index is 0.659. The summed E-state index contributed by atoms with van der Waals surface area (Å²) in [5.74, 6) is 1.74. The predicted octanol–water partition coefficient (Wildman–Crippen LogP) is 2.92. The number of hydrogen-bond acceptors (Lipinski definition) is 5. The van der Waals surface area contributed by atoms with Gasteiger partial charge in [-0.3, -0.25) is 4.98 Å². The lowest BCUT2D eigenvalue weighted by Crippen LogP contribution is -2.09. The van der Waals surface area contributed by atoms with Gasteiger partial charge in [0.1, 0.15) is 18.0 Å². The molecule has 0 saturated heterocycles. The topological polar surface area (TPSA) is 62.7 Å². The Balaban J connectivity index is 2.06. The number of rotatable bonds is 6. The average molecular weight is 271 g/mol. The van der Waals surface area contributed by atoms with Crippen LogP contribution in [0.5, 0.6) is 0 Å². The van der Waals surface area contributed by atoms with E-state index in [4.69, 9.17) is 0 Å². The molecule has 0 spiro atoms. The van der Waals surface area contributed by atoms with Crippen LogP contribution in [0, 0.1) is 13.8 Å². The van der Waals surface area contributed by atoms with Crippen molar-refractivity contribution in [3.8, 4) is 0 Å².